The van der Waals surface area contributed by atoms with Gasteiger partial charge in [0.2, 0.25) is 0 Å². The van der Waals surface area contributed by atoms with Crippen LogP contribution in [0.5, 0.6) is 5.75 Å². The number of ether oxygens (including phenoxy) is 3. The van der Waals surface area contributed by atoms with Gasteiger partial charge in [-0.2, -0.15) is 4.80 Å². The number of nitro groups is 1. The number of nitrogens with zero attached hydrogens (tertiary/aromatic N) is 6. The van der Waals surface area contributed by atoms with Crippen LogP contribution in [0, 0.1) is 22.9 Å². The molecule has 3 atom stereocenters. The molecule has 2 heterocycles. The van der Waals surface area contributed by atoms with Crippen molar-refractivity contribution in [2.45, 2.75) is 44.4 Å². The van der Waals surface area contributed by atoms with E-state index in [1.807, 2.05) is 0 Å². The molecule has 0 bridgehead atoms. The normalized spacial score (nSPS) is 21.2. The number of rotatable bonds is 8. The van der Waals surface area contributed by atoms with E-state index in [1.54, 1.807) is 31.9 Å². The zero-order chi connectivity index (χ0) is 26.2. The Hall–Kier alpha value is -3.68. The van der Waals surface area contributed by atoms with E-state index < -0.39 is 34.8 Å². The van der Waals surface area contributed by atoms with Crippen LogP contribution in [0.3, 0.4) is 0 Å². The third-order valence-corrected chi connectivity index (χ3v) is 6.30. The minimum atomic E-state index is -1.43. The Kier molecular flexibility index (Phi) is 6.89. The Morgan fingerprint density at radius 3 is 2.61 bits per heavy atom. The highest BCUT2D eigenvalue weighted by atomic mass is 19.1. The number of hydrogen-bond donors (Lipinski definition) is 1. The van der Waals surface area contributed by atoms with Gasteiger partial charge >= 0.3 is 0 Å². The van der Waals surface area contributed by atoms with Crippen molar-refractivity contribution < 1.29 is 28.6 Å². The standard InChI is InChI=1S/C23H27FN6O6/c1-13-10-14(24)6-8-17(13)29(12-19-25-27-28(3)26-19)20-16-11-15(30(32)33)7-9-18(16)36-23(2,21(20)31)22(34-4)35-5/h6-11,20-22,31H,12H2,1-5H3/t20-,21+,23-/m0/s1. The molecule has 36 heavy (non-hydrogen) atoms. The molecule has 0 spiro atoms. The lowest BCUT2D eigenvalue weighted by molar-refractivity contribution is -0.385. The second kappa shape index (κ2) is 9.76. The Labute approximate surface area is 206 Å². The van der Waals surface area contributed by atoms with Gasteiger partial charge in [0.15, 0.2) is 17.7 Å². The predicted octanol–water partition coefficient (Wildman–Crippen LogP) is 2.44. The molecule has 192 valence electrons. The average molecular weight is 503 g/mol. The number of aromatic nitrogens is 4. The summed E-state index contributed by atoms with van der Waals surface area (Å²) in [7, 11) is 4.45. The van der Waals surface area contributed by atoms with Crippen LogP contribution in [-0.2, 0) is 23.1 Å². The number of anilines is 1. The summed E-state index contributed by atoms with van der Waals surface area (Å²) in [5, 5.41) is 35.6. The minimum absolute atomic E-state index is 0.0465. The molecule has 4 rings (SSSR count). The van der Waals surface area contributed by atoms with Crippen LogP contribution in [0.25, 0.3) is 0 Å². The molecule has 0 unspecified atom stereocenters. The second-order valence-corrected chi connectivity index (χ2v) is 8.71. The summed E-state index contributed by atoms with van der Waals surface area (Å²) in [5.41, 5.74) is -0.129. The van der Waals surface area contributed by atoms with Crippen molar-refractivity contribution in [1.29, 1.82) is 0 Å². The number of tetrazole rings is 1. The maximum absolute atomic E-state index is 14.0. The molecule has 0 fully saturated rings. The summed E-state index contributed by atoms with van der Waals surface area (Å²) in [5.74, 6) is 0.194. The molecule has 3 aromatic rings. The van der Waals surface area contributed by atoms with E-state index in [-0.39, 0.29) is 12.2 Å². The van der Waals surface area contributed by atoms with Gasteiger partial charge in [0.05, 0.1) is 24.6 Å². The Bertz CT molecular complexity index is 1270. The molecular weight excluding hydrogens is 475 g/mol. The van der Waals surface area contributed by atoms with Crippen LogP contribution >= 0.6 is 0 Å². The van der Waals surface area contributed by atoms with Gasteiger partial charge in [0.1, 0.15) is 17.7 Å². The molecule has 13 heteroatoms. The maximum atomic E-state index is 14.0. The van der Waals surface area contributed by atoms with E-state index in [2.05, 4.69) is 15.4 Å². The quantitative estimate of drug-likeness (QED) is 0.278. The topological polar surface area (TPSA) is 138 Å². The minimum Gasteiger partial charge on any atom is -0.479 e. The molecule has 1 N–H and O–H groups in total. The summed E-state index contributed by atoms with van der Waals surface area (Å²) in [6.45, 7) is 3.40. The van der Waals surface area contributed by atoms with Gasteiger partial charge in [-0.15, -0.1) is 10.2 Å². The van der Waals surface area contributed by atoms with Crippen LogP contribution < -0.4 is 9.64 Å². The van der Waals surface area contributed by atoms with Crippen molar-refractivity contribution >= 4 is 11.4 Å². The molecule has 1 aliphatic rings. The molecule has 12 nitrogen and oxygen atoms in total. The lowest BCUT2D eigenvalue weighted by Crippen LogP contribution is -2.62. The number of methoxy groups -OCH3 is 2. The molecule has 0 aliphatic carbocycles. The lowest BCUT2D eigenvalue weighted by atomic mass is 9.83. The van der Waals surface area contributed by atoms with Gasteiger partial charge in [0.25, 0.3) is 5.69 Å². The number of benzene rings is 2. The number of halogens is 1. The number of aliphatic hydroxyl groups is 1. The fourth-order valence-electron chi connectivity index (χ4n) is 4.66. The molecular formula is C23H27FN6O6. The van der Waals surface area contributed by atoms with Gasteiger partial charge in [-0.3, -0.25) is 10.1 Å². The Morgan fingerprint density at radius 1 is 1.31 bits per heavy atom. The van der Waals surface area contributed by atoms with Crippen molar-refractivity contribution in [3.05, 3.63) is 69.3 Å². The van der Waals surface area contributed by atoms with E-state index >= 15 is 0 Å². The maximum Gasteiger partial charge on any atom is 0.270 e. The van der Waals surface area contributed by atoms with Crippen LogP contribution in [-0.4, -0.2) is 62.5 Å². The first-order valence-electron chi connectivity index (χ1n) is 11.1. The molecule has 0 saturated heterocycles. The summed E-state index contributed by atoms with van der Waals surface area (Å²) < 4.78 is 31.1. The van der Waals surface area contributed by atoms with Crippen LogP contribution in [0.2, 0.25) is 0 Å². The largest absolute Gasteiger partial charge is 0.479 e. The fraction of sp³-hybridized carbons (Fsp3) is 0.435. The first-order valence-corrected chi connectivity index (χ1v) is 11.1. The van der Waals surface area contributed by atoms with Gasteiger partial charge in [0, 0.05) is 37.6 Å². The first kappa shape index (κ1) is 25.4. The lowest BCUT2D eigenvalue weighted by Gasteiger charge is -2.50. The van der Waals surface area contributed by atoms with E-state index in [4.69, 9.17) is 14.2 Å². The zero-order valence-electron chi connectivity index (χ0n) is 20.5. The van der Waals surface area contributed by atoms with E-state index in [9.17, 15) is 19.6 Å². The van der Waals surface area contributed by atoms with Crippen molar-refractivity contribution in [2.24, 2.45) is 7.05 Å². The predicted molar refractivity (Wildman–Crippen MR) is 125 cm³/mol. The van der Waals surface area contributed by atoms with E-state index in [1.165, 1.54) is 49.3 Å². The van der Waals surface area contributed by atoms with Crippen molar-refractivity contribution in [3.8, 4) is 5.75 Å². The highest BCUT2D eigenvalue weighted by Gasteiger charge is 2.54. The summed E-state index contributed by atoms with van der Waals surface area (Å²) in [6, 6.07) is 7.45. The fourth-order valence-corrected chi connectivity index (χ4v) is 4.66. The second-order valence-electron chi connectivity index (χ2n) is 8.71. The molecule has 0 amide bonds. The molecule has 0 radical (unpaired) electrons. The van der Waals surface area contributed by atoms with Gasteiger partial charge in [-0.1, -0.05) is 0 Å². The zero-order valence-corrected chi connectivity index (χ0v) is 20.5. The average Bonchev–Trinajstić information content (AvgIpc) is 3.24. The van der Waals surface area contributed by atoms with Crippen LogP contribution in [0.4, 0.5) is 15.8 Å². The van der Waals surface area contributed by atoms with Crippen molar-refractivity contribution in [3.63, 3.8) is 0 Å². The molecule has 0 saturated carbocycles. The Balaban J connectivity index is 1.96. The van der Waals surface area contributed by atoms with Crippen LogP contribution in [0.15, 0.2) is 36.4 Å². The summed E-state index contributed by atoms with van der Waals surface area (Å²) >= 11 is 0. The number of non-ortho nitro benzene ring substituents is 1. The third-order valence-electron chi connectivity index (χ3n) is 6.30. The highest BCUT2D eigenvalue weighted by molar-refractivity contribution is 5.59. The SMILES string of the molecule is COC(OC)[C@@]1(C)Oc2ccc([N+](=O)[O-])cc2[C@H](N(Cc2nnn(C)n2)c2ccc(F)cc2C)[C@H]1O. The summed E-state index contributed by atoms with van der Waals surface area (Å²) in [4.78, 5) is 14.1. The number of hydrogen-bond acceptors (Lipinski definition) is 10. The number of aryl methyl sites for hydroxylation is 2. The molecule has 1 aliphatic heterocycles. The number of fused-ring (bicyclic) bond motifs is 1. The van der Waals surface area contributed by atoms with Crippen molar-refractivity contribution in [1.82, 2.24) is 20.2 Å². The molecule has 2 aromatic carbocycles. The van der Waals surface area contributed by atoms with Gasteiger partial charge in [-0.05, 0) is 48.9 Å². The smallest absolute Gasteiger partial charge is 0.270 e. The van der Waals surface area contributed by atoms with Gasteiger partial charge in [-0.25, -0.2) is 4.39 Å². The van der Waals surface area contributed by atoms with Crippen molar-refractivity contribution in [2.75, 3.05) is 19.1 Å². The van der Waals surface area contributed by atoms with Crippen LogP contribution in [0.1, 0.15) is 29.9 Å². The summed E-state index contributed by atoms with van der Waals surface area (Å²) in [6.07, 6.45) is -2.33. The first-order chi connectivity index (χ1) is 17.1. The van der Waals surface area contributed by atoms with Gasteiger partial charge < -0.3 is 24.2 Å². The highest BCUT2D eigenvalue weighted by Crippen LogP contribution is 2.48. The third kappa shape index (κ3) is 4.47. The Morgan fingerprint density at radius 2 is 2.03 bits per heavy atom. The molecule has 1 aromatic heterocycles. The number of aliphatic hydroxyl groups excluding tert-OH is 1. The monoisotopic (exact) mass is 502 g/mol. The van der Waals surface area contributed by atoms with E-state index in [0.29, 0.717) is 28.4 Å². The van der Waals surface area contributed by atoms with E-state index in [0.717, 1.165) is 0 Å². The number of nitro benzene ring substituents is 1.